The average Bonchev–Trinajstić information content (AvgIpc) is 3.04. The third kappa shape index (κ3) is 6.10. The van der Waals surface area contributed by atoms with E-state index in [9.17, 15) is 18.4 Å². The van der Waals surface area contributed by atoms with Crippen LogP contribution in [0.1, 0.15) is 33.6 Å². The number of carbonyl (C=O) groups excluding carboxylic acids is 1. The molecule has 3 aromatic rings. The summed E-state index contributed by atoms with van der Waals surface area (Å²) >= 11 is 0. The molecule has 4 rings (SSSR count). The van der Waals surface area contributed by atoms with Crippen LogP contribution < -0.4 is 10.3 Å². The molecule has 0 spiro atoms. The van der Waals surface area contributed by atoms with Crippen molar-refractivity contribution < 1.29 is 23.0 Å². The monoisotopic (exact) mass is 483 g/mol. The first-order valence-corrected chi connectivity index (χ1v) is 11.5. The van der Waals surface area contributed by atoms with Gasteiger partial charge in [0.25, 0.3) is 5.56 Å². The van der Waals surface area contributed by atoms with Gasteiger partial charge >= 0.3 is 5.97 Å². The van der Waals surface area contributed by atoms with Crippen molar-refractivity contribution in [2.45, 2.75) is 32.4 Å². The third-order valence-electron chi connectivity index (χ3n) is 5.99. The van der Waals surface area contributed by atoms with Crippen molar-refractivity contribution in [2.75, 3.05) is 26.8 Å². The fraction of sp³-hybridized carbons (Fsp3) is 0.346. The van der Waals surface area contributed by atoms with Crippen molar-refractivity contribution in [1.29, 1.82) is 0 Å². The van der Waals surface area contributed by atoms with Crippen molar-refractivity contribution >= 4 is 5.97 Å². The van der Waals surface area contributed by atoms with E-state index in [1.165, 1.54) is 25.3 Å². The molecule has 2 aromatic heterocycles. The lowest BCUT2D eigenvalue weighted by Crippen LogP contribution is -2.29. The highest BCUT2D eigenvalue weighted by Gasteiger charge is 2.26. The summed E-state index contributed by atoms with van der Waals surface area (Å²) in [7, 11) is 1.29. The van der Waals surface area contributed by atoms with Crippen LogP contribution in [0.25, 0.3) is 0 Å². The number of carbonyl (C=O) groups is 1. The van der Waals surface area contributed by atoms with Crippen molar-refractivity contribution in [3.63, 3.8) is 0 Å². The second-order valence-electron chi connectivity index (χ2n) is 8.43. The average molecular weight is 484 g/mol. The maximum atomic E-state index is 13.6. The first-order valence-electron chi connectivity index (χ1n) is 11.5. The fourth-order valence-electron chi connectivity index (χ4n) is 4.35. The lowest BCUT2D eigenvalue weighted by atomic mass is 10.1. The number of halogens is 2. The second-order valence-corrected chi connectivity index (χ2v) is 8.43. The van der Waals surface area contributed by atoms with Gasteiger partial charge in [0.1, 0.15) is 22.9 Å². The van der Waals surface area contributed by atoms with Gasteiger partial charge in [0, 0.05) is 62.8 Å². The van der Waals surface area contributed by atoms with E-state index in [0.717, 1.165) is 18.1 Å². The number of aryl methyl sites for hydroxylation is 1. The van der Waals surface area contributed by atoms with Crippen LogP contribution in [0.3, 0.4) is 0 Å². The van der Waals surface area contributed by atoms with Gasteiger partial charge in [-0.1, -0.05) is 6.07 Å². The molecular weight excluding hydrogens is 456 g/mol. The molecule has 0 unspecified atom stereocenters. The molecular formula is C26H27F2N3O4. The SMILES string of the molecule is COC(=O)c1c(OCCCc2cccnc2)cc(=O)n2c1CCN(Cc1cc(F)cc(F)c1)CC2. The number of hydrogen-bond acceptors (Lipinski definition) is 6. The smallest absolute Gasteiger partial charge is 0.343 e. The lowest BCUT2D eigenvalue weighted by molar-refractivity contribution is 0.0593. The number of esters is 1. The lowest BCUT2D eigenvalue weighted by Gasteiger charge is -2.19. The minimum Gasteiger partial charge on any atom is -0.492 e. The van der Waals surface area contributed by atoms with Gasteiger partial charge in [0.2, 0.25) is 0 Å². The van der Waals surface area contributed by atoms with E-state index in [1.807, 2.05) is 17.0 Å². The summed E-state index contributed by atoms with van der Waals surface area (Å²) in [6.07, 6.45) is 5.32. The number of fused-ring (bicyclic) bond motifs is 1. The number of rotatable bonds is 8. The minimum absolute atomic E-state index is 0.208. The number of ether oxygens (including phenoxy) is 2. The number of pyridine rings is 2. The highest BCUT2D eigenvalue weighted by Crippen LogP contribution is 2.25. The Hall–Kier alpha value is -3.59. The summed E-state index contributed by atoms with van der Waals surface area (Å²) in [5.41, 5.74) is 2.09. The predicted molar refractivity (Wildman–Crippen MR) is 125 cm³/mol. The van der Waals surface area contributed by atoms with Crippen LogP contribution in [-0.4, -0.2) is 47.2 Å². The zero-order chi connectivity index (χ0) is 24.8. The molecule has 35 heavy (non-hydrogen) atoms. The van der Waals surface area contributed by atoms with E-state index in [2.05, 4.69) is 4.98 Å². The Kier molecular flexibility index (Phi) is 7.87. The number of aromatic nitrogens is 2. The van der Waals surface area contributed by atoms with E-state index in [4.69, 9.17) is 9.47 Å². The van der Waals surface area contributed by atoms with Gasteiger partial charge in [0.15, 0.2) is 0 Å². The first-order chi connectivity index (χ1) is 16.9. The second kappa shape index (κ2) is 11.2. The molecule has 1 aromatic carbocycles. The van der Waals surface area contributed by atoms with Gasteiger partial charge in [-0.3, -0.25) is 14.7 Å². The van der Waals surface area contributed by atoms with E-state index >= 15 is 0 Å². The Morgan fingerprint density at radius 3 is 2.60 bits per heavy atom. The van der Waals surface area contributed by atoms with Crippen molar-refractivity contribution in [3.05, 3.63) is 93.2 Å². The van der Waals surface area contributed by atoms with Crippen molar-refractivity contribution in [3.8, 4) is 5.75 Å². The van der Waals surface area contributed by atoms with Crippen molar-refractivity contribution in [1.82, 2.24) is 14.5 Å². The van der Waals surface area contributed by atoms with Gasteiger partial charge in [-0.15, -0.1) is 0 Å². The molecule has 0 N–H and O–H groups in total. The van der Waals surface area contributed by atoms with Crippen LogP contribution in [-0.2, 0) is 30.7 Å². The summed E-state index contributed by atoms with van der Waals surface area (Å²) < 4.78 is 39.7. The third-order valence-corrected chi connectivity index (χ3v) is 5.99. The number of benzene rings is 1. The van der Waals surface area contributed by atoms with E-state index in [-0.39, 0.29) is 16.9 Å². The molecule has 0 fully saturated rings. The Morgan fingerprint density at radius 1 is 1.09 bits per heavy atom. The highest BCUT2D eigenvalue weighted by molar-refractivity contribution is 5.93. The zero-order valence-electron chi connectivity index (χ0n) is 19.5. The molecule has 0 saturated heterocycles. The molecule has 7 nitrogen and oxygen atoms in total. The highest BCUT2D eigenvalue weighted by atomic mass is 19.1. The number of hydrogen-bond donors (Lipinski definition) is 0. The van der Waals surface area contributed by atoms with Gasteiger partial charge < -0.3 is 14.0 Å². The topological polar surface area (TPSA) is 73.7 Å². The van der Waals surface area contributed by atoms with Crippen LogP contribution >= 0.6 is 0 Å². The number of methoxy groups -OCH3 is 1. The summed E-state index contributed by atoms with van der Waals surface area (Å²) in [6, 6.07) is 8.60. The molecule has 0 saturated carbocycles. The fourth-order valence-corrected chi connectivity index (χ4v) is 4.35. The van der Waals surface area contributed by atoms with Crippen molar-refractivity contribution in [2.24, 2.45) is 0 Å². The molecule has 1 aliphatic rings. The van der Waals surface area contributed by atoms with Gasteiger partial charge in [-0.2, -0.15) is 0 Å². The predicted octanol–water partition coefficient (Wildman–Crippen LogP) is 3.38. The summed E-state index contributed by atoms with van der Waals surface area (Å²) in [5, 5.41) is 0. The molecule has 3 heterocycles. The Balaban J connectivity index is 1.51. The first kappa shape index (κ1) is 24.5. The van der Waals surface area contributed by atoms with Crippen LogP contribution in [0.4, 0.5) is 8.78 Å². The van der Waals surface area contributed by atoms with Crippen LogP contribution in [0.2, 0.25) is 0 Å². The summed E-state index contributed by atoms with van der Waals surface area (Å²) in [6.45, 7) is 1.95. The van der Waals surface area contributed by atoms with Crippen LogP contribution in [0.15, 0.2) is 53.6 Å². The molecule has 184 valence electrons. The molecule has 1 aliphatic heterocycles. The standard InChI is InChI=1S/C26H27F2N3O4/c1-34-26(33)25-22-6-8-30(17-19-12-20(27)14-21(28)13-19)9-10-31(22)24(32)15-23(25)35-11-3-5-18-4-2-7-29-16-18/h2,4,7,12-16H,3,5-6,8-11,17H2,1H3. The molecule has 0 amide bonds. The summed E-state index contributed by atoms with van der Waals surface area (Å²) in [5.74, 6) is -1.63. The largest absolute Gasteiger partial charge is 0.492 e. The zero-order valence-corrected chi connectivity index (χ0v) is 19.5. The van der Waals surface area contributed by atoms with Gasteiger partial charge in [0.05, 0.1) is 13.7 Å². The van der Waals surface area contributed by atoms with E-state index in [0.29, 0.717) is 56.9 Å². The molecule has 0 radical (unpaired) electrons. The Morgan fingerprint density at radius 2 is 1.89 bits per heavy atom. The summed E-state index contributed by atoms with van der Waals surface area (Å²) in [4.78, 5) is 31.7. The Labute approximate surface area is 201 Å². The normalized spacial score (nSPS) is 13.7. The quantitative estimate of drug-likeness (QED) is 0.361. The van der Waals surface area contributed by atoms with Crippen LogP contribution in [0.5, 0.6) is 5.75 Å². The maximum absolute atomic E-state index is 13.6. The number of nitrogens with zero attached hydrogens (tertiary/aromatic N) is 3. The molecule has 0 atom stereocenters. The molecule has 0 bridgehead atoms. The molecule has 0 aliphatic carbocycles. The van der Waals surface area contributed by atoms with E-state index in [1.54, 1.807) is 17.0 Å². The minimum atomic E-state index is -0.632. The van der Waals surface area contributed by atoms with Crippen LogP contribution in [0, 0.1) is 11.6 Å². The molecule has 9 heteroatoms. The van der Waals surface area contributed by atoms with Gasteiger partial charge in [-0.05, 0) is 42.2 Å². The van der Waals surface area contributed by atoms with Gasteiger partial charge in [-0.25, -0.2) is 13.6 Å². The maximum Gasteiger partial charge on any atom is 0.343 e. The van der Waals surface area contributed by atoms with E-state index < -0.39 is 17.6 Å². The Bertz CT molecular complexity index is 1230.